The Kier molecular flexibility index (Phi) is 11.8. The number of fused-ring (bicyclic) bond motifs is 13. The highest BCUT2D eigenvalue weighted by Gasteiger charge is 2.48. The molecule has 14 aromatic carbocycles. The molecule has 0 N–H and O–H groups in total. The van der Waals surface area contributed by atoms with E-state index in [-0.39, 0.29) is 56.8 Å². The molecule has 490 valence electrons. The molecule has 0 amide bonds. The fourth-order valence-electron chi connectivity index (χ4n) is 17.2. The predicted molar refractivity (Wildman–Crippen MR) is 433 cm³/mol. The molecule has 0 atom stereocenters. The van der Waals surface area contributed by atoms with Crippen molar-refractivity contribution in [3.8, 4) is 44.8 Å². The average molecular weight is 1320 g/mol. The molecule has 16 aromatic rings. The minimum atomic E-state index is -0.663. The fraction of sp³-hybridized carbons (Fsp3) is 0.134. The van der Waals surface area contributed by atoms with E-state index in [1.54, 1.807) is 4.57 Å². The summed E-state index contributed by atoms with van der Waals surface area (Å²) in [5, 5.41) is 2.33. The van der Waals surface area contributed by atoms with Crippen LogP contribution in [0.4, 0.5) is 34.1 Å². The fourth-order valence-corrected chi connectivity index (χ4v) is 17.2. The number of rotatable bonds is 8. The Balaban J connectivity index is 0.956. The maximum atomic E-state index is 9.77. The van der Waals surface area contributed by atoms with Crippen LogP contribution in [0.25, 0.3) is 88.4 Å². The van der Waals surface area contributed by atoms with Crippen LogP contribution < -0.4 is 26.2 Å². The Morgan fingerprint density at radius 2 is 0.755 bits per heavy atom. The molecule has 102 heavy (non-hydrogen) atoms. The van der Waals surface area contributed by atoms with Gasteiger partial charge in [0.15, 0.2) is 0 Å². The minimum absolute atomic E-state index is 0.0217. The summed E-state index contributed by atoms with van der Waals surface area (Å²) in [7, 11) is 0. The van der Waals surface area contributed by atoms with Gasteiger partial charge in [-0.1, -0.05) is 287 Å². The zero-order chi connectivity index (χ0) is 76.1. The van der Waals surface area contributed by atoms with E-state index in [1.807, 2.05) is 12.1 Å². The molecular formula is C97H79BN4. The standard InChI is InChI=1S/C97H79BN4/c1-94(2,3)66-46-52-86(75(54-66)62-30-14-10-15-31-62)101-89-58-69(99-83-43-27-23-39-72(83)73-40-24-28-44-84(73)99)48-50-81(89)98-82-51-49-70(59-90(82)102(92-57-68(96(7,8)9)56-91(101)93(92)98)87-53-47-67(95(4,5)6)55-76(87)63-32-16-11-17-33-63)100-85-45-29-25-41-74(85)78-60-77-71-38-22-26-42-79(71)97(80(77)61-88(78)100,64-34-18-12-19-35-64)65-36-20-13-21-37-65/h10-61H,1-9H3/i23D,24D,27D,28D,39D,40D,43D,44D. The highest BCUT2D eigenvalue weighted by Crippen LogP contribution is 2.58. The number of para-hydroxylation sites is 3. The van der Waals surface area contributed by atoms with Crippen LogP contribution in [0.3, 0.4) is 0 Å². The van der Waals surface area contributed by atoms with Crippen molar-refractivity contribution in [3.05, 3.63) is 354 Å². The van der Waals surface area contributed by atoms with E-state index in [2.05, 4.69) is 331 Å². The van der Waals surface area contributed by atoms with Gasteiger partial charge in [-0.25, -0.2) is 0 Å². The topological polar surface area (TPSA) is 16.3 Å². The molecule has 0 unspecified atom stereocenters. The molecule has 4 nitrogen and oxygen atoms in total. The van der Waals surface area contributed by atoms with Crippen molar-refractivity contribution < 1.29 is 11.0 Å². The lowest BCUT2D eigenvalue weighted by Gasteiger charge is -2.46. The molecule has 0 saturated heterocycles. The summed E-state index contributed by atoms with van der Waals surface area (Å²) in [6.07, 6.45) is 0. The third-order valence-electron chi connectivity index (χ3n) is 22.1. The molecule has 3 aliphatic rings. The van der Waals surface area contributed by atoms with Gasteiger partial charge in [-0.15, -0.1) is 0 Å². The van der Waals surface area contributed by atoms with E-state index in [9.17, 15) is 8.22 Å². The SMILES string of the molecule is [2H]c1c([2H])c([2H])c2c(c1[2H])c1c([2H])c([2H])c([2H])c([2H])c1n2-c1ccc2c(c1)N(c1ccc(C(C)(C)C)cc1-c1ccccc1)c1cc(C(C)(C)C)cc3c1B2c1ccc(-n2c4ccccc4c4cc5c(cc42)C(c2ccccc2)(c2ccccc2)c2ccccc2-5)cc1N3c1ccc(C(C)(C)C)cc1-c1ccccc1. The first-order valence-corrected chi connectivity index (χ1v) is 35.6. The van der Waals surface area contributed by atoms with E-state index in [0.29, 0.717) is 5.69 Å². The monoisotopic (exact) mass is 1320 g/mol. The average Bonchev–Trinajstić information content (AvgIpc) is 1.21. The lowest BCUT2D eigenvalue weighted by atomic mass is 9.33. The first-order valence-electron chi connectivity index (χ1n) is 39.6. The maximum Gasteiger partial charge on any atom is 0.252 e. The van der Waals surface area contributed by atoms with Gasteiger partial charge in [-0.2, -0.15) is 0 Å². The summed E-state index contributed by atoms with van der Waals surface area (Å²) < 4.78 is 79.2. The Bertz CT molecular complexity index is 6470. The van der Waals surface area contributed by atoms with Crippen LogP contribution in [-0.2, 0) is 21.7 Å². The molecule has 0 radical (unpaired) electrons. The highest BCUT2D eigenvalue weighted by atomic mass is 15.2. The van der Waals surface area contributed by atoms with E-state index < -0.39 is 41.7 Å². The number of nitrogens with zero attached hydrogens (tertiary/aromatic N) is 4. The zero-order valence-corrected chi connectivity index (χ0v) is 58.8. The Morgan fingerprint density at radius 3 is 1.26 bits per heavy atom. The van der Waals surface area contributed by atoms with E-state index in [0.717, 1.165) is 111 Å². The van der Waals surface area contributed by atoms with Crippen molar-refractivity contribution in [2.45, 2.75) is 84.0 Å². The van der Waals surface area contributed by atoms with Gasteiger partial charge in [-0.05, 0) is 185 Å². The maximum absolute atomic E-state index is 9.77. The predicted octanol–water partition coefficient (Wildman–Crippen LogP) is 23.6. The second-order valence-electron chi connectivity index (χ2n) is 31.0. The van der Waals surface area contributed by atoms with Crippen molar-refractivity contribution >= 4 is 101 Å². The molecule has 19 rings (SSSR count). The number of benzene rings is 14. The van der Waals surface area contributed by atoms with Crippen molar-refractivity contribution in [1.82, 2.24) is 9.13 Å². The summed E-state index contributed by atoms with van der Waals surface area (Å²) in [5.74, 6) is 0. The number of hydrogen-bond acceptors (Lipinski definition) is 2. The van der Waals surface area contributed by atoms with E-state index in [1.165, 1.54) is 38.9 Å². The lowest BCUT2D eigenvalue weighted by molar-refractivity contribution is 0.590. The van der Waals surface area contributed by atoms with Crippen LogP contribution in [-0.4, -0.2) is 15.8 Å². The smallest absolute Gasteiger partial charge is 0.252 e. The van der Waals surface area contributed by atoms with Gasteiger partial charge in [0.1, 0.15) is 0 Å². The van der Waals surface area contributed by atoms with Crippen LogP contribution in [0.15, 0.2) is 315 Å². The second-order valence-corrected chi connectivity index (χ2v) is 31.0. The van der Waals surface area contributed by atoms with Crippen LogP contribution in [0.2, 0.25) is 0 Å². The van der Waals surface area contributed by atoms with Crippen LogP contribution >= 0.6 is 0 Å². The van der Waals surface area contributed by atoms with Gasteiger partial charge in [0.25, 0.3) is 6.71 Å². The molecule has 0 saturated carbocycles. The first kappa shape index (κ1) is 53.3. The van der Waals surface area contributed by atoms with Gasteiger partial charge >= 0.3 is 0 Å². The molecule has 4 heterocycles. The number of aromatic nitrogens is 2. The quantitative estimate of drug-likeness (QED) is 0.141. The van der Waals surface area contributed by atoms with Gasteiger partial charge < -0.3 is 18.9 Å². The van der Waals surface area contributed by atoms with Gasteiger partial charge in [-0.3, -0.25) is 0 Å². The minimum Gasteiger partial charge on any atom is -0.311 e. The van der Waals surface area contributed by atoms with Crippen LogP contribution in [0, 0.1) is 0 Å². The molecule has 5 heteroatoms. The second kappa shape index (κ2) is 22.7. The van der Waals surface area contributed by atoms with Gasteiger partial charge in [0.2, 0.25) is 0 Å². The Hall–Kier alpha value is -11.7. The first-order chi connectivity index (χ1) is 52.8. The van der Waals surface area contributed by atoms with Crippen LogP contribution in [0.5, 0.6) is 0 Å². The molecule has 0 spiro atoms. The van der Waals surface area contributed by atoms with Gasteiger partial charge in [0, 0.05) is 66.8 Å². The molecule has 2 aliphatic heterocycles. The molecular weight excluding hydrogens is 1230 g/mol. The zero-order valence-electron chi connectivity index (χ0n) is 66.8. The van der Waals surface area contributed by atoms with Crippen molar-refractivity contribution in [2.75, 3.05) is 9.80 Å². The summed E-state index contributed by atoms with van der Waals surface area (Å²) in [5.41, 5.74) is 25.7. The summed E-state index contributed by atoms with van der Waals surface area (Å²) >= 11 is 0. The van der Waals surface area contributed by atoms with E-state index in [4.69, 9.17) is 2.74 Å². The van der Waals surface area contributed by atoms with Crippen molar-refractivity contribution in [1.29, 1.82) is 0 Å². The number of hydrogen-bond donors (Lipinski definition) is 0. The third kappa shape index (κ3) is 9.22. The Morgan fingerprint density at radius 1 is 0.304 bits per heavy atom. The molecule has 2 aromatic heterocycles. The Labute approximate surface area is 610 Å². The third-order valence-corrected chi connectivity index (χ3v) is 22.1. The van der Waals surface area contributed by atoms with Gasteiger partial charge in [0.05, 0.1) is 49.8 Å². The van der Waals surface area contributed by atoms with Crippen molar-refractivity contribution in [3.63, 3.8) is 0 Å². The summed E-state index contributed by atoms with van der Waals surface area (Å²) in [4.78, 5) is 4.97. The number of anilines is 6. The lowest BCUT2D eigenvalue weighted by Crippen LogP contribution is -2.61. The van der Waals surface area contributed by atoms with E-state index >= 15 is 0 Å². The molecule has 0 fully saturated rings. The molecule has 0 bridgehead atoms. The normalized spacial score (nSPS) is 14.9. The highest BCUT2D eigenvalue weighted by molar-refractivity contribution is 7.00. The summed E-state index contributed by atoms with van der Waals surface area (Å²) in [6.45, 7) is 20.0. The largest absolute Gasteiger partial charge is 0.311 e. The van der Waals surface area contributed by atoms with Crippen LogP contribution in [0.1, 0.15) is 112 Å². The summed E-state index contributed by atoms with van der Waals surface area (Å²) in [6, 6.07) is 94.8. The van der Waals surface area contributed by atoms with Crippen molar-refractivity contribution in [2.24, 2.45) is 0 Å². The molecule has 1 aliphatic carbocycles.